The quantitative estimate of drug-likeness (QED) is 0.737. The Balaban J connectivity index is 2.27. The summed E-state index contributed by atoms with van der Waals surface area (Å²) in [6.07, 6.45) is 5.80. The van der Waals surface area contributed by atoms with Crippen molar-refractivity contribution in [3.63, 3.8) is 0 Å². The Hall–Kier alpha value is -0.570. The van der Waals surface area contributed by atoms with E-state index in [1.807, 2.05) is 6.20 Å². The third kappa shape index (κ3) is 1.70. The highest BCUT2D eigenvalue weighted by atomic mass is 32.1. The molecule has 0 unspecified atom stereocenters. The van der Waals surface area contributed by atoms with Crippen molar-refractivity contribution in [3.05, 3.63) is 16.7 Å². The fraction of sp³-hybridized carbons (Fsp3) is 0.700. The molecule has 1 aromatic heterocycles. The zero-order chi connectivity index (χ0) is 9.47. The van der Waals surface area contributed by atoms with Crippen LogP contribution in [0.2, 0.25) is 0 Å². The van der Waals surface area contributed by atoms with Gasteiger partial charge in [0.25, 0.3) is 0 Å². The summed E-state index contributed by atoms with van der Waals surface area (Å²) in [6, 6.07) is 0. The maximum atomic E-state index is 5.24. The SMILES string of the molecule is CCc1c[nH]c(=S)n1CC1(C)CC1. The molecule has 72 valence electrons. The van der Waals surface area contributed by atoms with E-state index >= 15 is 0 Å². The van der Waals surface area contributed by atoms with Gasteiger partial charge in [-0.2, -0.15) is 0 Å². The Morgan fingerprint density at radius 1 is 1.62 bits per heavy atom. The Labute approximate surface area is 84.0 Å². The monoisotopic (exact) mass is 196 g/mol. The first kappa shape index (κ1) is 9.00. The van der Waals surface area contributed by atoms with Crippen LogP contribution in [0, 0.1) is 10.2 Å². The van der Waals surface area contributed by atoms with Crippen molar-refractivity contribution in [1.29, 1.82) is 0 Å². The van der Waals surface area contributed by atoms with Crippen LogP contribution in [0.1, 0.15) is 32.4 Å². The summed E-state index contributed by atoms with van der Waals surface area (Å²) in [5.74, 6) is 0. The summed E-state index contributed by atoms with van der Waals surface area (Å²) in [4.78, 5) is 3.12. The largest absolute Gasteiger partial charge is 0.337 e. The molecule has 1 saturated carbocycles. The maximum Gasteiger partial charge on any atom is 0.177 e. The molecule has 3 heteroatoms. The summed E-state index contributed by atoms with van der Waals surface area (Å²) in [5.41, 5.74) is 1.86. The number of imidazole rings is 1. The van der Waals surface area contributed by atoms with Crippen LogP contribution in [0.4, 0.5) is 0 Å². The first-order valence-electron chi connectivity index (χ1n) is 4.92. The highest BCUT2D eigenvalue weighted by Crippen LogP contribution is 2.46. The van der Waals surface area contributed by atoms with Gasteiger partial charge in [-0.3, -0.25) is 0 Å². The number of H-pyrrole nitrogens is 1. The van der Waals surface area contributed by atoms with Crippen LogP contribution < -0.4 is 0 Å². The number of hydrogen-bond donors (Lipinski definition) is 1. The normalized spacial score (nSPS) is 18.9. The van der Waals surface area contributed by atoms with Gasteiger partial charge < -0.3 is 9.55 Å². The third-order valence-corrected chi connectivity index (χ3v) is 3.30. The lowest BCUT2D eigenvalue weighted by Crippen LogP contribution is -2.10. The van der Waals surface area contributed by atoms with E-state index in [0.717, 1.165) is 17.7 Å². The van der Waals surface area contributed by atoms with Gasteiger partial charge in [0, 0.05) is 18.4 Å². The fourth-order valence-corrected chi connectivity index (χ4v) is 1.89. The van der Waals surface area contributed by atoms with Crippen LogP contribution in [-0.4, -0.2) is 9.55 Å². The average Bonchev–Trinajstić information content (AvgIpc) is 2.72. The Morgan fingerprint density at radius 2 is 2.31 bits per heavy atom. The average molecular weight is 196 g/mol. The van der Waals surface area contributed by atoms with Crippen molar-refractivity contribution < 1.29 is 0 Å². The van der Waals surface area contributed by atoms with E-state index < -0.39 is 0 Å². The fourth-order valence-electron chi connectivity index (χ4n) is 1.65. The van der Waals surface area contributed by atoms with Gasteiger partial charge in [-0.05, 0) is 36.9 Å². The molecule has 0 radical (unpaired) electrons. The number of rotatable bonds is 3. The molecule has 0 saturated heterocycles. The molecule has 1 N–H and O–H groups in total. The molecule has 0 bridgehead atoms. The number of aryl methyl sites for hydroxylation is 1. The van der Waals surface area contributed by atoms with Gasteiger partial charge in [-0.25, -0.2) is 0 Å². The second-order valence-corrected chi connectivity index (χ2v) is 4.72. The lowest BCUT2D eigenvalue weighted by atomic mass is 10.1. The molecule has 2 rings (SSSR count). The van der Waals surface area contributed by atoms with Gasteiger partial charge in [-0.15, -0.1) is 0 Å². The van der Waals surface area contributed by atoms with E-state index in [1.165, 1.54) is 18.5 Å². The highest BCUT2D eigenvalue weighted by Gasteiger charge is 2.37. The molecule has 0 spiro atoms. The highest BCUT2D eigenvalue weighted by molar-refractivity contribution is 7.71. The van der Waals surface area contributed by atoms with Crippen LogP contribution in [0.3, 0.4) is 0 Å². The molecule has 0 atom stereocenters. The minimum atomic E-state index is 0.532. The summed E-state index contributed by atoms with van der Waals surface area (Å²) in [7, 11) is 0. The van der Waals surface area contributed by atoms with Crippen molar-refractivity contribution >= 4 is 12.2 Å². The minimum Gasteiger partial charge on any atom is -0.337 e. The van der Waals surface area contributed by atoms with Crippen molar-refractivity contribution in [2.45, 2.75) is 39.7 Å². The van der Waals surface area contributed by atoms with Gasteiger partial charge in [0.1, 0.15) is 0 Å². The topological polar surface area (TPSA) is 20.7 Å². The number of nitrogens with zero attached hydrogens (tertiary/aromatic N) is 1. The molecule has 0 aliphatic heterocycles. The molecule has 2 nitrogen and oxygen atoms in total. The number of hydrogen-bond acceptors (Lipinski definition) is 1. The maximum absolute atomic E-state index is 5.24. The second kappa shape index (κ2) is 2.98. The molecular weight excluding hydrogens is 180 g/mol. The van der Waals surface area contributed by atoms with E-state index in [-0.39, 0.29) is 0 Å². The lowest BCUT2D eigenvalue weighted by Gasteiger charge is -2.11. The number of aromatic nitrogens is 2. The Bertz CT molecular complexity index is 357. The van der Waals surface area contributed by atoms with E-state index in [1.54, 1.807) is 0 Å². The van der Waals surface area contributed by atoms with E-state index in [4.69, 9.17) is 12.2 Å². The first-order chi connectivity index (χ1) is 6.14. The zero-order valence-corrected chi connectivity index (χ0v) is 9.08. The first-order valence-corrected chi connectivity index (χ1v) is 5.32. The summed E-state index contributed by atoms with van der Waals surface area (Å²) in [5, 5.41) is 0. The second-order valence-electron chi connectivity index (χ2n) is 4.34. The predicted octanol–water partition coefficient (Wildman–Crippen LogP) is 2.91. The molecule has 0 aromatic carbocycles. The number of nitrogens with one attached hydrogen (secondary N) is 1. The smallest absolute Gasteiger partial charge is 0.177 e. The van der Waals surface area contributed by atoms with Crippen LogP contribution >= 0.6 is 12.2 Å². The minimum absolute atomic E-state index is 0.532. The van der Waals surface area contributed by atoms with Gasteiger partial charge in [0.2, 0.25) is 0 Å². The summed E-state index contributed by atoms with van der Waals surface area (Å²) in [6.45, 7) is 5.60. The summed E-state index contributed by atoms with van der Waals surface area (Å²) < 4.78 is 3.13. The van der Waals surface area contributed by atoms with Crippen LogP contribution in [0.15, 0.2) is 6.20 Å². The molecule has 1 aliphatic carbocycles. The van der Waals surface area contributed by atoms with E-state index in [0.29, 0.717) is 5.41 Å². The van der Waals surface area contributed by atoms with Crippen molar-refractivity contribution in [1.82, 2.24) is 9.55 Å². The zero-order valence-electron chi connectivity index (χ0n) is 8.26. The van der Waals surface area contributed by atoms with E-state index in [9.17, 15) is 0 Å². The van der Waals surface area contributed by atoms with Gasteiger partial charge in [-0.1, -0.05) is 13.8 Å². The Kier molecular flexibility index (Phi) is 2.06. The van der Waals surface area contributed by atoms with Crippen LogP contribution in [0.5, 0.6) is 0 Å². The van der Waals surface area contributed by atoms with E-state index in [2.05, 4.69) is 23.4 Å². The molecule has 0 amide bonds. The van der Waals surface area contributed by atoms with Crippen LogP contribution in [0.25, 0.3) is 0 Å². The lowest BCUT2D eigenvalue weighted by molar-refractivity contribution is 0.452. The Morgan fingerprint density at radius 3 is 2.85 bits per heavy atom. The van der Waals surface area contributed by atoms with Crippen molar-refractivity contribution in [3.8, 4) is 0 Å². The molecule has 1 fully saturated rings. The van der Waals surface area contributed by atoms with Crippen LogP contribution in [-0.2, 0) is 13.0 Å². The molecule has 1 aromatic rings. The number of aromatic amines is 1. The molecule has 1 aliphatic rings. The van der Waals surface area contributed by atoms with Crippen molar-refractivity contribution in [2.24, 2.45) is 5.41 Å². The molecule has 13 heavy (non-hydrogen) atoms. The van der Waals surface area contributed by atoms with Gasteiger partial charge in [0.15, 0.2) is 4.77 Å². The molecular formula is C10H16N2S. The molecule has 1 heterocycles. The van der Waals surface area contributed by atoms with Crippen molar-refractivity contribution in [2.75, 3.05) is 0 Å². The van der Waals surface area contributed by atoms with Gasteiger partial charge >= 0.3 is 0 Å². The standard InChI is InChI=1S/C10H16N2S/c1-3-8-6-11-9(13)12(8)7-10(2)4-5-10/h6H,3-5,7H2,1-2H3,(H,11,13). The van der Waals surface area contributed by atoms with Gasteiger partial charge in [0.05, 0.1) is 0 Å². The third-order valence-electron chi connectivity index (χ3n) is 2.96. The summed E-state index contributed by atoms with van der Waals surface area (Å²) >= 11 is 5.24. The predicted molar refractivity (Wildman–Crippen MR) is 56.3 cm³/mol.